The van der Waals surface area contributed by atoms with Crippen LogP contribution in [0, 0.1) is 13.8 Å². The molecular formula is C26H31N3O6S2. The Labute approximate surface area is 218 Å². The fourth-order valence-corrected chi connectivity index (χ4v) is 5.92. The smallest absolute Gasteiger partial charge is 0.264 e. The van der Waals surface area contributed by atoms with Crippen LogP contribution in [0.1, 0.15) is 11.1 Å². The molecule has 3 aromatic rings. The quantitative estimate of drug-likeness (QED) is 0.371. The van der Waals surface area contributed by atoms with Crippen LogP contribution in [0.4, 0.5) is 5.69 Å². The zero-order valence-electron chi connectivity index (χ0n) is 21.2. The molecule has 1 N–H and O–H groups in total. The number of amides is 1. The van der Waals surface area contributed by atoms with E-state index in [-0.39, 0.29) is 22.9 Å². The van der Waals surface area contributed by atoms with Gasteiger partial charge in [-0.3, -0.25) is 9.10 Å². The predicted octanol–water partition coefficient (Wildman–Crippen LogP) is 2.94. The van der Waals surface area contributed by atoms with E-state index in [1.54, 1.807) is 30.3 Å². The van der Waals surface area contributed by atoms with E-state index < -0.39 is 32.5 Å². The maximum atomic E-state index is 13.4. The molecule has 0 saturated heterocycles. The standard InChI is InChI=1S/C26H31N3O6S2/c1-20-16-21(2)18-22(17-20)29(37(33,34)24-8-6-5-7-9-24)19-26(30)27-14-15-35-23-10-12-25(13-11-23)36(31,32)28(3)4/h5-13,16-18H,14-15,19H2,1-4H3,(H,27,30). The number of aryl methyl sites for hydroxylation is 2. The molecule has 0 heterocycles. The van der Waals surface area contributed by atoms with Crippen molar-refractivity contribution in [3.8, 4) is 5.75 Å². The Morgan fingerprint density at radius 2 is 1.38 bits per heavy atom. The minimum atomic E-state index is -3.99. The number of rotatable bonds is 11. The number of anilines is 1. The number of sulfonamides is 2. The second-order valence-corrected chi connectivity index (χ2v) is 12.6. The van der Waals surface area contributed by atoms with E-state index in [0.717, 1.165) is 19.7 Å². The van der Waals surface area contributed by atoms with Gasteiger partial charge in [0.25, 0.3) is 10.0 Å². The number of carbonyl (C=O) groups is 1. The molecule has 11 heteroatoms. The Bertz CT molecular complexity index is 1420. The van der Waals surface area contributed by atoms with Gasteiger partial charge < -0.3 is 10.1 Å². The lowest BCUT2D eigenvalue weighted by atomic mass is 10.1. The van der Waals surface area contributed by atoms with Crippen LogP contribution in [0.5, 0.6) is 5.75 Å². The highest BCUT2D eigenvalue weighted by atomic mass is 32.2. The molecule has 9 nitrogen and oxygen atoms in total. The molecule has 0 aliphatic rings. The van der Waals surface area contributed by atoms with Gasteiger partial charge in [-0.05, 0) is 73.5 Å². The van der Waals surface area contributed by atoms with Gasteiger partial charge in [-0.2, -0.15) is 0 Å². The largest absolute Gasteiger partial charge is 0.492 e. The Hall–Kier alpha value is -3.41. The lowest BCUT2D eigenvalue weighted by molar-refractivity contribution is -0.119. The summed E-state index contributed by atoms with van der Waals surface area (Å²) in [6.45, 7) is 3.56. The van der Waals surface area contributed by atoms with Crippen LogP contribution in [-0.4, -0.2) is 60.8 Å². The van der Waals surface area contributed by atoms with Crippen molar-refractivity contribution in [2.45, 2.75) is 23.6 Å². The van der Waals surface area contributed by atoms with Gasteiger partial charge in [0.15, 0.2) is 0 Å². The van der Waals surface area contributed by atoms with Crippen LogP contribution >= 0.6 is 0 Å². The predicted molar refractivity (Wildman–Crippen MR) is 143 cm³/mol. The van der Waals surface area contributed by atoms with Crippen molar-refractivity contribution in [1.82, 2.24) is 9.62 Å². The molecule has 3 aromatic carbocycles. The molecule has 0 saturated carbocycles. The van der Waals surface area contributed by atoms with E-state index in [2.05, 4.69) is 5.32 Å². The van der Waals surface area contributed by atoms with Crippen molar-refractivity contribution in [1.29, 1.82) is 0 Å². The fourth-order valence-electron chi connectivity index (χ4n) is 3.59. The second-order valence-electron chi connectivity index (χ2n) is 8.63. The minimum Gasteiger partial charge on any atom is -0.492 e. The summed E-state index contributed by atoms with van der Waals surface area (Å²) in [7, 11) is -4.62. The Morgan fingerprint density at radius 3 is 1.95 bits per heavy atom. The molecular weight excluding hydrogens is 514 g/mol. The van der Waals surface area contributed by atoms with Gasteiger partial charge in [0.1, 0.15) is 18.9 Å². The van der Waals surface area contributed by atoms with Crippen molar-refractivity contribution in [2.24, 2.45) is 0 Å². The average Bonchev–Trinajstić information content (AvgIpc) is 2.85. The molecule has 0 aromatic heterocycles. The van der Waals surface area contributed by atoms with E-state index in [1.807, 2.05) is 19.9 Å². The van der Waals surface area contributed by atoms with Gasteiger partial charge in [0, 0.05) is 14.1 Å². The van der Waals surface area contributed by atoms with Crippen molar-refractivity contribution >= 4 is 31.6 Å². The monoisotopic (exact) mass is 545 g/mol. The van der Waals surface area contributed by atoms with E-state index in [9.17, 15) is 21.6 Å². The number of carbonyl (C=O) groups excluding carboxylic acids is 1. The second kappa shape index (κ2) is 11.8. The van der Waals surface area contributed by atoms with Gasteiger partial charge in [0.2, 0.25) is 15.9 Å². The third-order valence-corrected chi connectivity index (χ3v) is 9.03. The molecule has 37 heavy (non-hydrogen) atoms. The molecule has 3 rings (SSSR count). The number of nitrogens with one attached hydrogen (secondary N) is 1. The summed E-state index contributed by atoms with van der Waals surface area (Å²) in [5, 5.41) is 2.68. The highest BCUT2D eigenvalue weighted by molar-refractivity contribution is 7.92. The number of benzene rings is 3. The van der Waals surface area contributed by atoms with E-state index in [0.29, 0.717) is 11.4 Å². The van der Waals surface area contributed by atoms with E-state index >= 15 is 0 Å². The number of nitrogens with zero attached hydrogens (tertiary/aromatic N) is 2. The van der Waals surface area contributed by atoms with Crippen molar-refractivity contribution in [3.63, 3.8) is 0 Å². The molecule has 0 spiro atoms. The molecule has 0 bridgehead atoms. The Kier molecular flexibility index (Phi) is 8.95. The summed E-state index contributed by atoms with van der Waals surface area (Å²) < 4.78 is 59.0. The zero-order chi connectivity index (χ0) is 27.2. The number of hydrogen-bond donors (Lipinski definition) is 1. The van der Waals surface area contributed by atoms with Crippen LogP contribution in [0.2, 0.25) is 0 Å². The highest BCUT2D eigenvalue weighted by Crippen LogP contribution is 2.25. The summed E-state index contributed by atoms with van der Waals surface area (Å²) in [5.41, 5.74) is 2.16. The summed E-state index contributed by atoms with van der Waals surface area (Å²) in [5.74, 6) is -0.0508. The molecule has 1 amide bonds. The first-order valence-electron chi connectivity index (χ1n) is 11.5. The minimum absolute atomic E-state index is 0.0880. The first kappa shape index (κ1) is 28.2. The average molecular weight is 546 g/mol. The number of ether oxygens (including phenoxy) is 1. The topological polar surface area (TPSA) is 113 Å². The lowest BCUT2D eigenvalue weighted by Crippen LogP contribution is -2.42. The molecule has 0 atom stereocenters. The van der Waals surface area contributed by atoms with Gasteiger partial charge >= 0.3 is 0 Å². The fraction of sp³-hybridized carbons (Fsp3) is 0.269. The third kappa shape index (κ3) is 7.09. The maximum Gasteiger partial charge on any atom is 0.264 e. The van der Waals surface area contributed by atoms with Crippen LogP contribution in [0.15, 0.2) is 82.6 Å². The van der Waals surface area contributed by atoms with E-state index in [4.69, 9.17) is 4.74 Å². The molecule has 198 valence electrons. The summed E-state index contributed by atoms with van der Waals surface area (Å²) in [6.07, 6.45) is 0. The van der Waals surface area contributed by atoms with Gasteiger partial charge in [-0.25, -0.2) is 21.1 Å². The van der Waals surface area contributed by atoms with Gasteiger partial charge in [0.05, 0.1) is 22.0 Å². The van der Waals surface area contributed by atoms with Crippen LogP contribution in [0.3, 0.4) is 0 Å². The zero-order valence-corrected chi connectivity index (χ0v) is 22.8. The Morgan fingerprint density at radius 1 is 0.811 bits per heavy atom. The van der Waals surface area contributed by atoms with Crippen LogP contribution in [-0.2, 0) is 24.8 Å². The van der Waals surface area contributed by atoms with Gasteiger partial charge in [-0.15, -0.1) is 0 Å². The summed E-state index contributed by atoms with van der Waals surface area (Å²) in [6, 6.07) is 19.3. The molecule has 0 unspecified atom stereocenters. The third-order valence-electron chi connectivity index (χ3n) is 5.41. The molecule has 0 aliphatic carbocycles. The van der Waals surface area contributed by atoms with Crippen molar-refractivity contribution in [2.75, 3.05) is 38.1 Å². The summed E-state index contributed by atoms with van der Waals surface area (Å²) >= 11 is 0. The summed E-state index contributed by atoms with van der Waals surface area (Å²) in [4.78, 5) is 13.0. The lowest BCUT2D eigenvalue weighted by Gasteiger charge is -2.25. The number of hydrogen-bond acceptors (Lipinski definition) is 6. The van der Waals surface area contributed by atoms with E-state index in [1.165, 1.54) is 50.5 Å². The van der Waals surface area contributed by atoms with Crippen molar-refractivity contribution < 1.29 is 26.4 Å². The normalized spacial score (nSPS) is 11.8. The first-order chi connectivity index (χ1) is 17.4. The first-order valence-corrected chi connectivity index (χ1v) is 14.4. The van der Waals surface area contributed by atoms with Crippen molar-refractivity contribution in [3.05, 3.63) is 83.9 Å². The molecule has 0 fully saturated rings. The SMILES string of the molecule is Cc1cc(C)cc(N(CC(=O)NCCOc2ccc(S(=O)(=O)N(C)C)cc2)S(=O)(=O)c2ccccc2)c1. The molecule has 0 aliphatic heterocycles. The van der Waals surface area contributed by atoms with Gasteiger partial charge in [-0.1, -0.05) is 24.3 Å². The highest BCUT2D eigenvalue weighted by Gasteiger charge is 2.27. The van der Waals surface area contributed by atoms with Crippen LogP contribution < -0.4 is 14.4 Å². The Balaban J connectivity index is 1.66. The maximum absolute atomic E-state index is 13.4. The molecule has 0 radical (unpaired) electrons. The van der Waals surface area contributed by atoms with Crippen LogP contribution in [0.25, 0.3) is 0 Å².